The van der Waals surface area contributed by atoms with Gasteiger partial charge in [0.25, 0.3) is 0 Å². The molecule has 0 unspecified atom stereocenters. The molecule has 6 heteroatoms. The second kappa shape index (κ2) is 7.59. The molecule has 1 N–H and O–H groups in total. The summed E-state index contributed by atoms with van der Waals surface area (Å²) >= 11 is 0. The molecule has 0 atom stereocenters. The topological polar surface area (TPSA) is 61.9 Å². The lowest BCUT2D eigenvalue weighted by atomic mass is 10.3. The van der Waals surface area contributed by atoms with Gasteiger partial charge in [-0.1, -0.05) is 0 Å². The third kappa shape index (κ3) is 5.46. The van der Waals surface area contributed by atoms with Crippen molar-refractivity contribution in [2.45, 2.75) is 19.3 Å². The first-order valence-electron chi connectivity index (χ1n) is 7.45. The number of nitrogens with one attached hydrogen (secondary N) is 1. The number of hydrogen-bond donors (Lipinski definition) is 1. The van der Waals surface area contributed by atoms with Crippen molar-refractivity contribution in [3.05, 3.63) is 0 Å². The fourth-order valence-electron chi connectivity index (χ4n) is 2.36. The van der Waals surface area contributed by atoms with Crippen LogP contribution in [0.3, 0.4) is 0 Å². The molecule has 0 aromatic rings. The number of ether oxygens (including phenoxy) is 1. The quantitative estimate of drug-likeness (QED) is 0.650. The maximum atomic E-state index is 11.8. The number of rotatable bonds is 7. The van der Waals surface area contributed by atoms with Gasteiger partial charge in [-0.25, -0.2) is 0 Å². The summed E-state index contributed by atoms with van der Waals surface area (Å²) in [6.45, 7) is 5.68. The molecule has 20 heavy (non-hydrogen) atoms. The zero-order chi connectivity index (χ0) is 14.4. The number of hydrogen-bond acceptors (Lipinski definition) is 5. The fourth-order valence-corrected chi connectivity index (χ4v) is 2.36. The second-order valence-corrected chi connectivity index (χ2v) is 5.69. The molecular formula is C14H25N3O3. The van der Waals surface area contributed by atoms with Crippen molar-refractivity contribution in [2.24, 2.45) is 5.92 Å². The molecule has 0 aromatic carbocycles. The van der Waals surface area contributed by atoms with Gasteiger partial charge in [0.05, 0.1) is 20.1 Å². The number of carbonyl (C=O) groups is 2. The van der Waals surface area contributed by atoms with E-state index < -0.39 is 0 Å². The smallest absolute Gasteiger partial charge is 0.306 e. The lowest BCUT2D eigenvalue weighted by Crippen LogP contribution is -2.49. The van der Waals surface area contributed by atoms with Crippen LogP contribution in [0, 0.1) is 5.92 Å². The summed E-state index contributed by atoms with van der Waals surface area (Å²) in [5.41, 5.74) is 0. The lowest BCUT2D eigenvalue weighted by Gasteiger charge is -2.34. The highest BCUT2D eigenvalue weighted by Gasteiger charge is 2.23. The maximum Gasteiger partial charge on any atom is 0.306 e. The minimum Gasteiger partial charge on any atom is -0.469 e. The monoisotopic (exact) mass is 283 g/mol. The molecule has 1 amide bonds. The van der Waals surface area contributed by atoms with Gasteiger partial charge in [-0.3, -0.25) is 14.5 Å². The van der Waals surface area contributed by atoms with Crippen LogP contribution in [0.25, 0.3) is 0 Å². The average molecular weight is 283 g/mol. The normalized spacial score (nSPS) is 20.6. The number of esters is 1. The molecule has 2 fully saturated rings. The van der Waals surface area contributed by atoms with E-state index in [9.17, 15) is 9.59 Å². The lowest BCUT2D eigenvalue weighted by molar-refractivity contribution is -0.141. The zero-order valence-electron chi connectivity index (χ0n) is 12.3. The highest BCUT2D eigenvalue weighted by atomic mass is 16.5. The van der Waals surface area contributed by atoms with Gasteiger partial charge in [0.1, 0.15) is 0 Å². The molecule has 1 saturated carbocycles. The summed E-state index contributed by atoms with van der Waals surface area (Å²) in [5.74, 6) is 0.709. The summed E-state index contributed by atoms with van der Waals surface area (Å²) in [5, 5.41) is 3.00. The van der Waals surface area contributed by atoms with Crippen molar-refractivity contribution in [1.29, 1.82) is 0 Å². The Morgan fingerprint density at radius 3 is 2.40 bits per heavy atom. The van der Waals surface area contributed by atoms with Crippen molar-refractivity contribution in [1.82, 2.24) is 15.1 Å². The minimum absolute atomic E-state index is 0.139. The molecule has 0 spiro atoms. The van der Waals surface area contributed by atoms with Crippen LogP contribution in [-0.4, -0.2) is 74.6 Å². The van der Waals surface area contributed by atoms with E-state index in [1.165, 1.54) is 20.0 Å². The zero-order valence-corrected chi connectivity index (χ0v) is 12.3. The van der Waals surface area contributed by atoms with Gasteiger partial charge in [-0.05, 0) is 18.8 Å². The van der Waals surface area contributed by atoms with E-state index in [-0.39, 0.29) is 11.9 Å². The second-order valence-electron chi connectivity index (χ2n) is 5.69. The maximum absolute atomic E-state index is 11.8. The Balaban J connectivity index is 1.56. The Morgan fingerprint density at radius 1 is 1.15 bits per heavy atom. The van der Waals surface area contributed by atoms with E-state index in [4.69, 9.17) is 0 Å². The number of nitrogens with zero attached hydrogens (tertiary/aromatic N) is 2. The van der Waals surface area contributed by atoms with Gasteiger partial charge in [0.2, 0.25) is 5.91 Å². The van der Waals surface area contributed by atoms with Crippen molar-refractivity contribution < 1.29 is 14.3 Å². The summed E-state index contributed by atoms with van der Waals surface area (Å²) in [6.07, 6.45) is 2.97. The predicted molar refractivity (Wildman–Crippen MR) is 75.2 cm³/mol. The van der Waals surface area contributed by atoms with Crippen LogP contribution in [-0.2, 0) is 14.3 Å². The minimum atomic E-state index is -0.160. The molecule has 1 saturated heterocycles. The molecular weight excluding hydrogens is 258 g/mol. The van der Waals surface area contributed by atoms with E-state index in [1.807, 2.05) is 0 Å². The van der Waals surface area contributed by atoms with E-state index in [0.717, 1.165) is 45.2 Å². The van der Waals surface area contributed by atoms with Crippen LogP contribution >= 0.6 is 0 Å². The molecule has 0 bridgehead atoms. The van der Waals surface area contributed by atoms with Crippen LogP contribution in [0.1, 0.15) is 19.3 Å². The fraction of sp³-hybridized carbons (Fsp3) is 0.857. The molecule has 114 valence electrons. The van der Waals surface area contributed by atoms with Gasteiger partial charge in [0.15, 0.2) is 0 Å². The highest BCUT2D eigenvalue weighted by Crippen LogP contribution is 2.27. The molecule has 2 rings (SSSR count). The molecule has 0 aromatic heterocycles. The van der Waals surface area contributed by atoms with Crippen LogP contribution in [0.5, 0.6) is 0 Å². The number of methoxy groups -OCH3 is 1. The van der Waals surface area contributed by atoms with E-state index in [2.05, 4.69) is 19.9 Å². The van der Waals surface area contributed by atoms with Crippen LogP contribution < -0.4 is 5.32 Å². The van der Waals surface area contributed by atoms with Crippen LogP contribution in [0.15, 0.2) is 0 Å². The first kappa shape index (κ1) is 15.3. The Bertz CT molecular complexity index is 337. The Hall–Kier alpha value is -1.14. The van der Waals surface area contributed by atoms with Crippen LogP contribution in [0.2, 0.25) is 0 Å². The third-order valence-electron chi connectivity index (χ3n) is 3.98. The largest absolute Gasteiger partial charge is 0.469 e. The van der Waals surface area contributed by atoms with Gasteiger partial charge in [0, 0.05) is 39.3 Å². The molecule has 1 aliphatic heterocycles. The SMILES string of the molecule is COC(=O)CCN1CCN(CC(=O)NCC2CC2)CC1. The third-order valence-corrected chi connectivity index (χ3v) is 3.98. The summed E-state index contributed by atoms with van der Waals surface area (Å²) < 4.78 is 4.64. The van der Waals surface area contributed by atoms with Crippen molar-refractivity contribution in [3.63, 3.8) is 0 Å². The Morgan fingerprint density at radius 2 is 1.80 bits per heavy atom. The summed E-state index contributed by atoms with van der Waals surface area (Å²) in [7, 11) is 1.42. The van der Waals surface area contributed by atoms with Crippen molar-refractivity contribution in [3.8, 4) is 0 Å². The van der Waals surface area contributed by atoms with Gasteiger partial charge in [-0.15, -0.1) is 0 Å². The first-order valence-corrected chi connectivity index (χ1v) is 7.45. The van der Waals surface area contributed by atoms with Gasteiger partial charge >= 0.3 is 5.97 Å². The Kier molecular flexibility index (Phi) is 5.79. The predicted octanol–water partition coefficient (Wildman–Crippen LogP) is -0.307. The molecule has 0 radical (unpaired) electrons. The number of carbonyl (C=O) groups excluding carboxylic acids is 2. The highest BCUT2D eigenvalue weighted by molar-refractivity contribution is 5.78. The van der Waals surface area contributed by atoms with Gasteiger partial charge in [-0.2, -0.15) is 0 Å². The van der Waals surface area contributed by atoms with Gasteiger partial charge < -0.3 is 15.0 Å². The summed E-state index contributed by atoms with van der Waals surface area (Å²) in [4.78, 5) is 27.3. The number of piperazine rings is 1. The average Bonchev–Trinajstić information content (AvgIpc) is 3.28. The van der Waals surface area contributed by atoms with Crippen molar-refractivity contribution in [2.75, 3.05) is 52.9 Å². The number of amides is 1. The molecule has 1 heterocycles. The van der Waals surface area contributed by atoms with E-state index >= 15 is 0 Å². The molecule has 6 nitrogen and oxygen atoms in total. The van der Waals surface area contributed by atoms with E-state index in [0.29, 0.717) is 13.0 Å². The molecule has 1 aliphatic carbocycles. The van der Waals surface area contributed by atoms with Crippen LogP contribution in [0.4, 0.5) is 0 Å². The first-order chi connectivity index (χ1) is 9.67. The standard InChI is InChI=1S/C14H25N3O3/c1-20-14(19)4-5-16-6-8-17(9-7-16)11-13(18)15-10-12-2-3-12/h12H,2-11H2,1H3,(H,15,18). The van der Waals surface area contributed by atoms with E-state index in [1.54, 1.807) is 0 Å². The Labute approximate surface area is 120 Å². The summed E-state index contributed by atoms with van der Waals surface area (Å²) in [6, 6.07) is 0. The molecule has 2 aliphatic rings. The van der Waals surface area contributed by atoms with Crippen molar-refractivity contribution >= 4 is 11.9 Å².